The summed E-state index contributed by atoms with van der Waals surface area (Å²) >= 11 is 0. The monoisotopic (exact) mass is 343 g/mol. The van der Waals surface area contributed by atoms with Crippen molar-refractivity contribution < 1.29 is 9.47 Å². The Kier molecular flexibility index (Phi) is 3.21. The highest BCUT2D eigenvalue weighted by molar-refractivity contribution is 5.92. The molecule has 4 aromatic rings. The van der Waals surface area contributed by atoms with Crippen molar-refractivity contribution in [1.29, 1.82) is 0 Å². The van der Waals surface area contributed by atoms with Crippen LogP contribution in [0.25, 0.3) is 27.8 Å². The molecular formula is C20H13N3O3. The van der Waals surface area contributed by atoms with Crippen LogP contribution < -0.4 is 15.0 Å². The zero-order valence-corrected chi connectivity index (χ0v) is 13.6. The van der Waals surface area contributed by atoms with Crippen molar-refractivity contribution in [3.63, 3.8) is 0 Å². The van der Waals surface area contributed by atoms with Crippen molar-refractivity contribution in [2.45, 2.75) is 0 Å². The largest absolute Gasteiger partial charge is 0.454 e. The predicted molar refractivity (Wildman–Crippen MR) is 96.7 cm³/mol. The van der Waals surface area contributed by atoms with E-state index < -0.39 is 0 Å². The fourth-order valence-corrected chi connectivity index (χ4v) is 3.07. The summed E-state index contributed by atoms with van der Waals surface area (Å²) in [6.07, 6.45) is 1.61. The number of fused-ring (bicyclic) bond motifs is 2. The molecule has 0 bridgehead atoms. The summed E-state index contributed by atoms with van der Waals surface area (Å²) < 4.78 is 12.2. The molecule has 0 aliphatic carbocycles. The van der Waals surface area contributed by atoms with Crippen LogP contribution in [0.2, 0.25) is 0 Å². The van der Waals surface area contributed by atoms with Crippen molar-refractivity contribution in [2.75, 3.05) is 6.79 Å². The van der Waals surface area contributed by atoms with Crippen LogP contribution in [0.1, 0.15) is 0 Å². The van der Waals surface area contributed by atoms with E-state index in [0.717, 1.165) is 5.56 Å². The molecule has 6 heteroatoms. The van der Waals surface area contributed by atoms with Gasteiger partial charge in [-0.3, -0.25) is 9.78 Å². The van der Waals surface area contributed by atoms with Gasteiger partial charge in [-0.15, -0.1) is 0 Å². The summed E-state index contributed by atoms with van der Waals surface area (Å²) in [6, 6.07) is 18.6. The molecule has 0 fully saturated rings. The van der Waals surface area contributed by atoms with Crippen molar-refractivity contribution in [3.8, 4) is 28.4 Å². The minimum Gasteiger partial charge on any atom is -0.454 e. The number of hydrogen-bond donors (Lipinski definition) is 0. The quantitative estimate of drug-likeness (QED) is 0.559. The molecule has 0 N–H and O–H groups in total. The number of aromatic nitrogens is 3. The molecule has 2 aromatic heterocycles. The van der Waals surface area contributed by atoms with Gasteiger partial charge >= 0.3 is 0 Å². The molecule has 0 spiro atoms. The maximum atomic E-state index is 12.9. The third kappa shape index (κ3) is 2.23. The third-order valence-corrected chi connectivity index (χ3v) is 4.30. The molecule has 0 saturated carbocycles. The topological polar surface area (TPSA) is 66.2 Å². The molecule has 1 aliphatic rings. The van der Waals surface area contributed by atoms with Gasteiger partial charge in [0, 0.05) is 17.1 Å². The number of rotatable bonds is 2. The first-order valence-electron chi connectivity index (χ1n) is 8.15. The average molecular weight is 343 g/mol. The van der Waals surface area contributed by atoms with Crippen molar-refractivity contribution in [1.82, 2.24) is 14.8 Å². The molecule has 0 saturated heterocycles. The van der Waals surface area contributed by atoms with Crippen LogP contribution in [0.5, 0.6) is 11.5 Å². The first kappa shape index (κ1) is 14.7. The first-order chi connectivity index (χ1) is 12.8. The van der Waals surface area contributed by atoms with E-state index in [9.17, 15) is 4.79 Å². The number of ether oxygens (including phenoxy) is 2. The molecule has 0 amide bonds. The van der Waals surface area contributed by atoms with Gasteiger partial charge in [0.15, 0.2) is 11.5 Å². The second-order valence-electron chi connectivity index (χ2n) is 5.87. The summed E-state index contributed by atoms with van der Waals surface area (Å²) in [7, 11) is 0. The lowest BCUT2D eigenvalue weighted by atomic mass is 10.1. The molecule has 0 atom stereocenters. The number of hydrogen-bond acceptors (Lipinski definition) is 5. The van der Waals surface area contributed by atoms with E-state index in [0.29, 0.717) is 33.8 Å². The lowest BCUT2D eigenvalue weighted by molar-refractivity contribution is 0.174. The molecule has 0 radical (unpaired) electrons. The zero-order valence-electron chi connectivity index (χ0n) is 13.6. The molecule has 0 unspecified atom stereocenters. The van der Waals surface area contributed by atoms with E-state index in [-0.39, 0.29) is 12.4 Å². The average Bonchev–Trinajstić information content (AvgIpc) is 3.17. The third-order valence-electron chi connectivity index (χ3n) is 4.30. The minimum atomic E-state index is -0.253. The highest BCUT2D eigenvalue weighted by Gasteiger charge is 2.18. The second-order valence-corrected chi connectivity index (χ2v) is 5.87. The fraction of sp³-hybridized carbons (Fsp3) is 0.0500. The summed E-state index contributed by atoms with van der Waals surface area (Å²) in [5.41, 5.74) is 2.30. The van der Waals surface area contributed by atoms with Gasteiger partial charge in [-0.1, -0.05) is 18.2 Å². The molecule has 5 rings (SSSR count). The smallest absolute Gasteiger partial charge is 0.297 e. The van der Waals surface area contributed by atoms with E-state index in [2.05, 4.69) is 10.1 Å². The fourth-order valence-electron chi connectivity index (χ4n) is 3.07. The summed E-state index contributed by atoms with van der Waals surface area (Å²) in [4.78, 5) is 17.2. The molecule has 26 heavy (non-hydrogen) atoms. The molecule has 1 aliphatic heterocycles. The van der Waals surface area contributed by atoms with Gasteiger partial charge in [-0.25, -0.2) is 0 Å². The van der Waals surface area contributed by atoms with Gasteiger partial charge in [-0.05, 0) is 42.5 Å². The van der Waals surface area contributed by atoms with Crippen LogP contribution in [-0.4, -0.2) is 21.6 Å². The SMILES string of the molecule is O=c1c2ncccc2c(-c2ccc3c(c2)OCO3)nn1-c1ccccc1. The summed E-state index contributed by atoms with van der Waals surface area (Å²) in [6.45, 7) is 0.206. The molecule has 3 heterocycles. The van der Waals surface area contributed by atoms with E-state index in [1.807, 2.05) is 54.6 Å². The van der Waals surface area contributed by atoms with Crippen molar-refractivity contribution >= 4 is 10.9 Å². The van der Waals surface area contributed by atoms with Gasteiger partial charge < -0.3 is 9.47 Å². The van der Waals surface area contributed by atoms with Crippen molar-refractivity contribution in [3.05, 3.63) is 77.2 Å². The normalized spacial score (nSPS) is 12.5. The second kappa shape index (κ2) is 5.70. The Labute approximate surface area is 148 Å². The van der Waals surface area contributed by atoms with Crippen LogP contribution in [-0.2, 0) is 0 Å². The molecule has 6 nitrogen and oxygen atoms in total. The zero-order chi connectivity index (χ0) is 17.5. The van der Waals surface area contributed by atoms with E-state index >= 15 is 0 Å². The lowest BCUT2D eigenvalue weighted by Gasteiger charge is -2.11. The van der Waals surface area contributed by atoms with E-state index in [1.165, 1.54) is 4.68 Å². The van der Waals surface area contributed by atoms with Gasteiger partial charge in [-0.2, -0.15) is 9.78 Å². The van der Waals surface area contributed by atoms with Crippen LogP contribution in [0.3, 0.4) is 0 Å². The minimum absolute atomic E-state index is 0.206. The molecular weight excluding hydrogens is 330 g/mol. The Hall–Kier alpha value is -3.67. The standard InChI is InChI=1S/C20H13N3O3/c24-20-19-15(7-4-10-21-19)18(22-23(20)14-5-2-1-3-6-14)13-8-9-16-17(11-13)26-12-25-16/h1-11H,12H2. The number of para-hydroxylation sites is 1. The highest BCUT2D eigenvalue weighted by Crippen LogP contribution is 2.36. The van der Waals surface area contributed by atoms with Crippen LogP contribution in [0.4, 0.5) is 0 Å². The highest BCUT2D eigenvalue weighted by atomic mass is 16.7. The van der Waals surface area contributed by atoms with Crippen LogP contribution in [0, 0.1) is 0 Å². The lowest BCUT2D eigenvalue weighted by Crippen LogP contribution is -2.22. The van der Waals surface area contributed by atoms with Crippen molar-refractivity contribution in [2.24, 2.45) is 0 Å². The first-order valence-corrected chi connectivity index (χ1v) is 8.15. The van der Waals surface area contributed by atoms with Crippen LogP contribution in [0.15, 0.2) is 71.7 Å². The number of pyridine rings is 1. The van der Waals surface area contributed by atoms with E-state index in [4.69, 9.17) is 9.47 Å². The Balaban J connectivity index is 1.82. The number of nitrogens with zero attached hydrogens (tertiary/aromatic N) is 3. The predicted octanol–water partition coefficient (Wildman–Crippen LogP) is 3.18. The molecule has 126 valence electrons. The van der Waals surface area contributed by atoms with Gasteiger partial charge in [0.05, 0.1) is 5.69 Å². The van der Waals surface area contributed by atoms with Crippen LogP contribution >= 0.6 is 0 Å². The van der Waals surface area contributed by atoms with Gasteiger partial charge in [0.2, 0.25) is 6.79 Å². The Bertz CT molecular complexity index is 1190. The summed E-state index contributed by atoms with van der Waals surface area (Å²) in [5, 5.41) is 5.33. The summed E-state index contributed by atoms with van der Waals surface area (Å²) in [5.74, 6) is 1.37. The molecule has 2 aromatic carbocycles. The Morgan fingerprint density at radius 1 is 0.923 bits per heavy atom. The number of benzene rings is 2. The van der Waals surface area contributed by atoms with Gasteiger partial charge in [0.25, 0.3) is 5.56 Å². The maximum Gasteiger partial charge on any atom is 0.297 e. The maximum absolute atomic E-state index is 12.9. The van der Waals surface area contributed by atoms with E-state index in [1.54, 1.807) is 12.3 Å². The Morgan fingerprint density at radius 3 is 2.65 bits per heavy atom. The Morgan fingerprint density at radius 2 is 1.77 bits per heavy atom. The van der Waals surface area contributed by atoms with Gasteiger partial charge in [0.1, 0.15) is 11.2 Å².